The van der Waals surface area contributed by atoms with Gasteiger partial charge in [0.1, 0.15) is 0 Å². The Kier molecular flexibility index (Phi) is 10.6. The molecule has 0 spiro atoms. The van der Waals surface area contributed by atoms with Crippen molar-refractivity contribution >= 4 is 18.2 Å². The molecular weight excluding hydrogens is 360 g/mol. The zero-order valence-electron chi connectivity index (χ0n) is 17.6. The average molecular weight is 397 g/mol. The minimum atomic E-state index is -0.0492. The van der Waals surface area contributed by atoms with E-state index in [-0.39, 0.29) is 17.4 Å². The highest BCUT2D eigenvalue weighted by Gasteiger charge is 2.24. The first-order chi connectivity index (χ1) is 12.8. The van der Waals surface area contributed by atoms with Gasteiger partial charge in [0.25, 0.3) is 5.56 Å². The van der Waals surface area contributed by atoms with Gasteiger partial charge in [0, 0.05) is 25.4 Å². The lowest BCUT2D eigenvalue weighted by Crippen LogP contribution is -2.24. The van der Waals surface area contributed by atoms with Crippen molar-refractivity contribution < 1.29 is 9.53 Å². The van der Waals surface area contributed by atoms with Crippen LogP contribution >= 0.6 is 12.2 Å². The molecule has 0 radical (unpaired) electrons. The van der Waals surface area contributed by atoms with Crippen LogP contribution < -0.4 is 5.56 Å². The molecule has 1 atom stereocenters. The lowest BCUT2D eigenvalue weighted by molar-refractivity contribution is -0.151. The fraction of sp³-hybridized carbons (Fsp3) is 0.762. The largest absolute Gasteiger partial charge is 0.465 e. The second kappa shape index (κ2) is 12.1. The molecule has 0 amide bonds. The van der Waals surface area contributed by atoms with E-state index in [0.717, 1.165) is 38.6 Å². The van der Waals surface area contributed by atoms with Crippen LogP contribution in [0.15, 0.2) is 17.1 Å². The van der Waals surface area contributed by atoms with Gasteiger partial charge in [-0.05, 0) is 56.7 Å². The maximum Gasteiger partial charge on any atom is 0.309 e. The maximum atomic E-state index is 12.3. The van der Waals surface area contributed by atoms with Crippen molar-refractivity contribution in [2.75, 3.05) is 6.61 Å². The second-order valence-electron chi connectivity index (χ2n) is 7.94. The third kappa shape index (κ3) is 7.99. The van der Waals surface area contributed by atoms with Crippen molar-refractivity contribution in [2.45, 2.75) is 79.8 Å². The molecule has 1 aromatic rings. The van der Waals surface area contributed by atoms with Gasteiger partial charge in [-0.1, -0.05) is 34.1 Å². The lowest BCUT2D eigenvalue weighted by atomic mass is 9.88. The van der Waals surface area contributed by atoms with Crippen LogP contribution in [-0.2, 0) is 22.6 Å². The lowest BCUT2D eigenvalue weighted by Gasteiger charge is -2.21. The summed E-state index contributed by atoms with van der Waals surface area (Å²) >= 11 is 5.37. The molecule has 27 heavy (non-hydrogen) atoms. The molecule has 1 unspecified atom stereocenters. The predicted molar refractivity (Wildman–Crippen MR) is 112 cm³/mol. The average Bonchev–Trinajstić information content (AvgIpc) is 2.60. The molecule has 1 aromatic heterocycles. The van der Waals surface area contributed by atoms with E-state index < -0.39 is 0 Å². The highest BCUT2D eigenvalue weighted by Crippen LogP contribution is 2.21. The number of hydrogen-bond acceptors (Lipinski definition) is 4. The van der Waals surface area contributed by atoms with Crippen molar-refractivity contribution in [1.82, 2.24) is 9.13 Å². The van der Waals surface area contributed by atoms with Gasteiger partial charge in [-0.25, -0.2) is 0 Å². The molecule has 6 heteroatoms. The third-order valence-corrected chi connectivity index (χ3v) is 5.28. The molecule has 1 rings (SSSR count). The summed E-state index contributed by atoms with van der Waals surface area (Å²) < 4.78 is 9.65. The molecule has 0 aromatic carbocycles. The van der Waals surface area contributed by atoms with Gasteiger partial charge in [-0.2, -0.15) is 0 Å². The first-order valence-corrected chi connectivity index (χ1v) is 10.7. The van der Waals surface area contributed by atoms with Crippen LogP contribution in [0.3, 0.4) is 0 Å². The van der Waals surface area contributed by atoms with E-state index in [9.17, 15) is 9.59 Å². The van der Waals surface area contributed by atoms with E-state index in [1.54, 1.807) is 16.8 Å². The van der Waals surface area contributed by atoms with Gasteiger partial charge in [0.15, 0.2) is 4.77 Å². The Labute approximate surface area is 168 Å². The molecular formula is C21H36N2O3S. The number of ether oxygens (including phenoxy) is 1. The fourth-order valence-electron chi connectivity index (χ4n) is 3.18. The Hall–Kier alpha value is -1.43. The van der Waals surface area contributed by atoms with Gasteiger partial charge in [-0.3, -0.25) is 14.2 Å². The summed E-state index contributed by atoms with van der Waals surface area (Å²) in [4.78, 5) is 24.0. The molecule has 0 aliphatic carbocycles. The number of aromatic nitrogens is 2. The van der Waals surface area contributed by atoms with Crippen molar-refractivity contribution in [3.63, 3.8) is 0 Å². The Morgan fingerprint density at radius 2 is 1.81 bits per heavy atom. The topological polar surface area (TPSA) is 53.2 Å². The number of aryl methyl sites for hydroxylation is 1. The van der Waals surface area contributed by atoms with E-state index in [1.165, 1.54) is 0 Å². The highest BCUT2D eigenvalue weighted by molar-refractivity contribution is 7.71. The molecule has 0 N–H and O–H groups in total. The summed E-state index contributed by atoms with van der Waals surface area (Å²) in [5, 5.41) is 0. The Bertz CT molecular complexity index is 691. The molecule has 0 saturated carbocycles. The zero-order chi connectivity index (χ0) is 20.4. The molecule has 0 saturated heterocycles. The van der Waals surface area contributed by atoms with Crippen LogP contribution in [0.25, 0.3) is 0 Å². The molecule has 0 aliphatic heterocycles. The number of unbranched alkanes of at least 4 members (excludes halogenated alkanes) is 3. The predicted octanol–water partition coefficient (Wildman–Crippen LogP) is 4.82. The molecule has 154 valence electrons. The molecule has 0 fully saturated rings. The van der Waals surface area contributed by atoms with Gasteiger partial charge in [-0.15, -0.1) is 0 Å². The Balaban J connectivity index is 2.29. The van der Waals surface area contributed by atoms with E-state index in [0.29, 0.717) is 29.8 Å². The van der Waals surface area contributed by atoms with E-state index in [4.69, 9.17) is 17.0 Å². The summed E-state index contributed by atoms with van der Waals surface area (Å²) in [5.74, 6) is 0.766. The minimum Gasteiger partial charge on any atom is -0.465 e. The van der Waals surface area contributed by atoms with E-state index in [1.807, 2.05) is 11.5 Å². The van der Waals surface area contributed by atoms with Crippen molar-refractivity contribution in [2.24, 2.45) is 17.8 Å². The smallest absolute Gasteiger partial charge is 0.309 e. The van der Waals surface area contributed by atoms with Crippen LogP contribution in [0.2, 0.25) is 0 Å². The molecule has 5 nitrogen and oxygen atoms in total. The van der Waals surface area contributed by atoms with Gasteiger partial charge >= 0.3 is 5.97 Å². The second-order valence-corrected chi connectivity index (χ2v) is 8.30. The Morgan fingerprint density at radius 1 is 1.15 bits per heavy atom. The molecule has 1 heterocycles. The zero-order valence-corrected chi connectivity index (χ0v) is 18.4. The van der Waals surface area contributed by atoms with Gasteiger partial charge < -0.3 is 9.30 Å². The van der Waals surface area contributed by atoms with Crippen LogP contribution in [0.4, 0.5) is 0 Å². The number of carbonyl (C=O) groups excluding carboxylic acids is 1. The van der Waals surface area contributed by atoms with Gasteiger partial charge in [0.2, 0.25) is 0 Å². The first kappa shape index (κ1) is 23.6. The van der Waals surface area contributed by atoms with Gasteiger partial charge in [0.05, 0.1) is 12.5 Å². The Morgan fingerprint density at radius 3 is 2.41 bits per heavy atom. The standard InChI is InChI=1S/C21H36N2O3S/c1-6-23-19(24)11-13-22(21(23)27)12-9-7-8-10-14-26-20(25)18(17(4)5)15-16(2)3/h11,13,16-18H,6-10,12,14-15H2,1-5H3. The number of esters is 1. The van der Waals surface area contributed by atoms with Crippen LogP contribution in [0.5, 0.6) is 0 Å². The quantitative estimate of drug-likeness (QED) is 0.289. The SMILES string of the molecule is CCn1c(=O)ccn(CCCCCCOC(=O)C(CC(C)C)C(C)C)c1=S. The summed E-state index contributed by atoms with van der Waals surface area (Å²) in [7, 11) is 0. The summed E-state index contributed by atoms with van der Waals surface area (Å²) in [5.41, 5.74) is -0.0438. The van der Waals surface area contributed by atoms with E-state index >= 15 is 0 Å². The fourth-order valence-corrected chi connectivity index (χ4v) is 3.56. The number of hydrogen-bond donors (Lipinski definition) is 0. The monoisotopic (exact) mass is 396 g/mol. The highest BCUT2D eigenvalue weighted by atomic mass is 32.1. The van der Waals surface area contributed by atoms with Crippen LogP contribution in [-0.4, -0.2) is 21.7 Å². The van der Waals surface area contributed by atoms with Crippen LogP contribution in [0.1, 0.15) is 66.7 Å². The number of rotatable bonds is 12. The number of nitrogens with zero attached hydrogens (tertiary/aromatic N) is 2. The maximum absolute atomic E-state index is 12.3. The molecule has 0 aliphatic rings. The summed E-state index contributed by atoms with van der Waals surface area (Å²) in [6.45, 7) is 12.3. The summed E-state index contributed by atoms with van der Waals surface area (Å²) in [6, 6.07) is 1.57. The molecule has 0 bridgehead atoms. The first-order valence-electron chi connectivity index (χ1n) is 10.2. The van der Waals surface area contributed by atoms with Crippen molar-refractivity contribution in [1.29, 1.82) is 0 Å². The third-order valence-electron chi connectivity index (χ3n) is 4.83. The van der Waals surface area contributed by atoms with Crippen LogP contribution in [0, 0.1) is 22.5 Å². The normalized spacial score (nSPS) is 12.6. The van der Waals surface area contributed by atoms with E-state index in [2.05, 4.69) is 27.7 Å². The van der Waals surface area contributed by atoms with Crippen molar-refractivity contribution in [3.05, 3.63) is 27.4 Å². The van der Waals surface area contributed by atoms with Crippen molar-refractivity contribution in [3.8, 4) is 0 Å². The minimum absolute atomic E-state index is 0.00104. The number of carbonyl (C=O) groups is 1. The summed E-state index contributed by atoms with van der Waals surface area (Å²) in [6.07, 6.45) is 6.61.